The van der Waals surface area contributed by atoms with Crippen molar-refractivity contribution in [1.82, 2.24) is 4.98 Å². The largest absolute Gasteiger partial charge is 0.869 e. The maximum atomic E-state index is 11.5. The SMILES string of the molecule is O=C(O)c1cc(=O)c2ccc(O)c([O-])c2[nH]1. The Balaban J connectivity index is 2.94. The van der Waals surface area contributed by atoms with E-state index in [-0.39, 0.29) is 16.6 Å². The lowest BCUT2D eigenvalue weighted by Gasteiger charge is -2.12. The predicted molar refractivity (Wildman–Crippen MR) is 52.6 cm³/mol. The van der Waals surface area contributed by atoms with Crippen molar-refractivity contribution in [3.05, 3.63) is 34.1 Å². The third kappa shape index (κ3) is 1.36. The number of aromatic hydroxyl groups is 1. The summed E-state index contributed by atoms with van der Waals surface area (Å²) < 4.78 is 0. The van der Waals surface area contributed by atoms with Crippen molar-refractivity contribution in [2.24, 2.45) is 0 Å². The highest BCUT2D eigenvalue weighted by Crippen LogP contribution is 2.27. The summed E-state index contributed by atoms with van der Waals surface area (Å²) in [6.45, 7) is 0. The van der Waals surface area contributed by atoms with Gasteiger partial charge >= 0.3 is 5.97 Å². The van der Waals surface area contributed by atoms with Gasteiger partial charge < -0.3 is 20.3 Å². The number of phenolic OH excluding ortho intramolecular Hbond substituents is 1. The molecule has 0 saturated heterocycles. The summed E-state index contributed by atoms with van der Waals surface area (Å²) >= 11 is 0. The van der Waals surface area contributed by atoms with Crippen LogP contribution in [0, 0.1) is 0 Å². The molecule has 0 aliphatic carbocycles. The molecule has 0 radical (unpaired) electrons. The standard InChI is InChI=1S/C10H7NO5/c12-6-2-1-4-7(13)3-5(10(15)16)11-8(4)9(6)14/h1-3,12,14H,(H,11,13)(H,15,16)/p-1. The number of carboxylic acids is 1. The first-order valence-electron chi connectivity index (χ1n) is 4.30. The lowest BCUT2D eigenvalue weighted by molar-refractivity contribution is -0.267. The van der Waals surface area contributed by atoms with Gasteiger partial charge in [0.15, 0.2) is 5.43 Å². The lowest BCUT2D eigenvalue weighted by atomic mass is 10.1. The van der Waals surface area contributed by atoms with Gasteiger partial charge in [-0.3, -0.25) is 4.79 Å². The first-order chi connectivity index (χ1) is 7.50. The van der Waals surface area contributed by atoms with E-state index in [4.69, 9.17) is 10.2 Å². The van der Waals surface area contributed by atoms with Gasteiger partial charge in [0.25, 0.3) is 0 Å². The third-order valence-corrected chi connectivity index (χ3v) is 2.17. The molecule has 0 atom stereocenters. The molecule has 0 aliphatic heterocycles. The Bertz CT molecular complexity index is 643. The summed E-state index contributed by atoms with van der Waals surface area (Å²) in [6, 6.07) is 3.25. The molecule has 1 aromatic carbocycles. The van der Waals surface area contributed by atoms with Crippen molar-refractivity contribution >= 4 is 16.9 Å². The Labute approximate surface area is 88.4 Å². The van der Waals surface area contributed by atoms with Crippen LogP contribution in [-0.2, 0) is 0 Å². The normalized spacial score (nSPS) is 10.5. The molecule has 82 valence electrons. The third-order valence-electron chi connectivity index (χ3n) is 2.17. The Morgan fingerprint density at radius 3 is 2.69 bits per heavy atom. The fraction of sp³-hybridized carbons (Fsp3) is 0. The number of aromatic amines is 1. The van der Waals surface area contributed by atoms with E-state index in [1.807, 2.05) is 0 Å². The van der Waals surface area contributed by atoms with E-state index in [0.717, 1.165) is 12.1 Å². The van der Waals surface area contributed by atoms with Crippen LogP contribution in [0.15, 0.2) is 23.0 Å². The smallest absolute Gasteiger partial charge is 0.352 e. The zero-order chi connectivity index (χ0) is 11.9. The number of pyridine rings is 1. The fourth-order valence-corrected chi connectivity index (χ4v) is 1.40. The molecule has 0 saturated carbocycles. The number of carboxylic acid groups (broad SMARTS) is 1. The number of hydrogen-bond donors (Lipinski definition) is 3. The quantitative estimate of drug-likeness (QED) is 0.626. The Hall–Kier alpha value is -2.50. The summed E-state index contributed by atoms with van der Waals surface area (Å²) in [4.78, 5) is 24.4. The van der Waals surface area contributed by atoms with Crippen molar-refractivity contribution in [3.63, 3.8) is 0 Å². The van der Waals surface area contributed by atoms with E-state index >= 15 is 0 Å². The summed E-state index contributed by atoms with van der Waals surface area (Å²) in [7, 11) is 0. The van der Waals surface area contributed by atoms with Gasteiger partial charge in [-0.25, -0.2) is 4.79 Å². The molecular weight excluding hydrogens is 214 g/mol. The highest BCUT2D eigenvalue weighted by molar-refractivity contribution is 5.92. The van der Waals surface area contributed by atoms with Crippen molar-refractivity contribution in [1.29, 1.82) is 0 Å². The number of phenols is 1. The van der Waals surface area contributed by atoms with Crippen LogP contribution in [0.2, 0.25) is 0 Å². The topological polar surface area (TPSA) is 113 Å². The minimum atomic E-state index is -1.35. The Morgan fingerprint density at radius 1 is 1.38 bits per heavy atom. The van der Waals surface area contributed by atoms with Gasteiger partial charge in [-0.2, -0.15) is 0 Å². The van der Waals surface area contributed by atoms with Crippen LogP contribution in [0.4, 0.5) is 0 Å². The van der Waals surface area contributed by atoms with Crippen molar-refractivity contribution in [2.45, 2.75) is 0 Å². The molecule has 6 heteroatoms. The molecule has 16 heavy (non-hydrogen) atoms. The van der Waals surface area contributed by atoms with Gasteiger partial charge in [0.05, 0.1) is 0 Å². The molecule has 3 N–H and O–H groups in total. The maximum Gasteiger partial charge on any atom is 0.352 e. The molecule has 2 aromatic rings. The van der Waals surface area contributed by atoms with E-state index < -0.39 is 22.9 Å². The lowest BCUT2D eigenvalue weighted by Crippen LogP contribution is -2.10. The van der Waals surface area contributed by atoms with E-state index in [2.05, 4.69) is 4.98 Å². The van der Waals surface area contributed by atoms with Crippen LogP contribution < -0.4 is 10.5 Å². The summed E-state index contributed by atoms with van der Waals surface area (Å²) in [5, 5.41) is 29.3. The number of H-pyrrole nitrogens is 1. The predicted octanol–water partition coefficient (Wildman–Crippen LogP) is 0.00550. The molecule has 2 rings (SSSR count). The molecule has 0 fully saturated rings. The number of aromatic nitrogens is 1. The molecule has 0 spiro atoms. The van der Waals surface area contributed by atoms with Gasteiger partial charge in [-0.05, 0) is 17.9 Å². The number of carbonyl (C=O) groups is 1. The summed E-state index contributed by atoms with van der Waals surface area (Å²) in [5.74, 6) is -2.68. The van der Waals surface area contributed by atoms with Crippen LogP contribution >= 0.6 is 0 Å². The second kappa shape index (κ2) is 3.27. The minimum absolute atomic E-state index is 0.0489. The fourth-order valence-electron chi connectivity index (χ4n) is 1.40. The second-order valence-electron chi connectivity index (χ2n) is 3.19. The molecule has 0 amide bonds. The molecule has 0 aliphatic rings. The van der Waals surface area contributed by atoms with E-state index in [1.54, 1.807) is 0 Å². The summed E-state index contributed by atoms with van der Waals surface area (Å²) in [5.41, 5.74) is -1.17. The van der Waals surface area contributed by atoms with Gasteiger partial charge in [0.1, 0.15) is 11.4 Å². The number of benzene rings is 1. The van der Waals surface area contributed by atoms with Crippen LogP contribution in [-0.4, -0.2) is 21.2 Å². The number of hydrogen-bond acceptors (Lipinski definition) is 4. The van der Waals surface area contributed by atoms with Crippen LogP contribution in [0.3, 0.4) is 0 Å². The molecule has 0 bridgehead atoms. The van der Waals surface area contributed by atoms with Crippen LogP contribution in [0.25, 0.3) is 10.9 Å². The average molecular weight is 220 g/mol. The van der Waals surface area contributed by atoms with Crippen LogP contribution in [0.1, 0.15) is 10.5 Å². The maximum absolute atomic E-state index is 11.5. The minimum Gasteiger partial charge on any atom is -0.869 e. The van der Waals surface area contributed by atoms with Gasteiger partial charge in [-0.1, -0.05) is 0 Å². The average Bonchev–Trinajstić information content (AvgIpc) is 2.23. The molecular formula is C10H6NO5-. The van der Waals surface area contributed by atoms with Gasteiger partial charge in [0.2, 0.25) is 0 Å². The first kappa shape index (κ1) is 10.0. The van der Waals surface area contributed by atoms with E-state index in [1.165, 1.54) is 6.07 Å². The number of rotatable bonds is 1. The van der Waals surface area contributed by atoms with Crippen molar-refractivity contribution < 1.29 is 20.1 Å². The highest BCUT2D eigenvalue weighted by Gasteiger charge is 2.09. The Kier molecular flexibility index (Phi) is 2.05. The van der Waals surface area contributed by atoms with Crippen LogP contribution in [0.5, 0.6) is 11.5 Å². The van der Waals surface area contributed by atoms with Crippen molar-refractivity contribution in [2.75, 3.05) is 0 Å². The molecule has 6 nitrogen and oxygen atoms in total. The summed E-state index contributed by atoms with van der Waals surface area (Å²) in [6.07, 6.45) is 0. The highest BCUT2D eigenvalue weighted by atomic mass is 16.4. The molecule has 0 unspecified atom stereocenters. The Morgan fingerprint density at radius 2 is 2.06 bits per heavy atom. The number of aromatic carboxylic acids is 1. The molecule has 1 aromatic heterocycles. The number of nitrogens with one attached hydrogen (secondary N) is 1. The monoisotopic (exact) mass is 220 g/mol. The first-order valence-corrected chi connectivity index (χ1v) is 4.30. The van der Waals surface area contributed by atoms with Gasteiger partial charge in [0, 0.05) is 17.0 Å². The van der Waals surface area contributed by atoms with E-state index in [0.29, 0.717) is 0 Å². The zero-order valence-corrected chi connectivity index (χ0v) is 7.85. The number of fused-ring (bicyclic) bond motifs is 1. The molecule has 1 heterocycles. The zero-order valence-electron chi connectivity index (χ0n) is 7.85. The van der Waals surface area contributed by atoms with Gasteiger partial charge in [-0.15, -0.1) is 0 Å². The van der Waals surface area contributed by atoms with E-state index in [9.17, 15) is 14.7 Å². The second-order valence-corrected chi connectivity index (χ2v) is 3.19. The van der Waals surface area contributed by atoms with Crippen molar-refractivity contribution in [3.8, 4) is 11.5 Å².